The van der Waals surface area contributed by atoms with Crippen LogP contribution in [0.3, 0.4) is 0 Å². The van der Waals surface area contributed by atoms with Gasteiger partial charge in [-0.25, -0.2) is 9.78 Å². The van der Waals surface area contributed by atoms with Gasteiger partial charge in [-0.3, -0.25) is 0 Å². The molecule has 6 nitrogen and oxygen atoms in total. The monoisotopic (exact) mass is 507 g/mol. The van der Waals surface area contributed by atoms with E-state index in [9.17, 15) is 4.79 Å². The lowest BCUT2D eigenvalue weighted by molar-refractivity contribution is -0.156. The maximum absolute atomic E-state index is 12.0. The molecule has 8 heteroatoms. The van der Waals surface area contributed by atoms with E-state index in [4.69, 9.17) is 18.6 Å². The third kappa shape index (κ3) is 6.66. The number of hydrogen-bond acceptors (Lipinski definition) is 7. The number of esters is 1. The van der Waals surface area contributed by atoms with Crippen LogP contribution in [0.2, 0.25) is 0 Å². The molecule has 0 N–H and O–H groups in total. The number of benzene rings is 1. The first-order chi connectivity index (χ1) is 15.0. The molecule has 2 heterocycles. The van der Waals surface area contributed by atoms with Gasteiger partial charge in [0.15, 0.2) is 6.10 Å². The van der Waals surface area contributed by atoms with Gasteiger partial charge in [0.2, 0.25) is 5.89 Å². The van der Waals surface area contributed by atoms with E-state index < -0.39 is 6.10 Å². The molecule has 0 saturated heterocycles. The maximum Gasteiger partial charge on any atom is 0.335 e. The van der Waals surface area contributed by atoms with Crippen LogP contribution in [0.1, 0.15) is 30.9 Å². The van der Waals surface area contributed by atoms with Crippen LogP contribution in [0, 0.1) is 6.92 Å². The van der Waals surface area contributed by atoms with E-state index in [-0.39, 0.29) is 5.97 Å². The molecule has 0 amide bonds. The molecule has 1 aromatic carbocycles. The second-order valence-corrected chi connectivity index (χ2v) is 9.23. The number of nitrogens with zero attached hydrogens (tertiary/aromatic N) is 1. The van der Waals surface area contributed by atoms with Crippen LogP contribution in [0.15, 0.2) is 44.6 Å². The number of aryl methyl sites for hydroxylation is 1. The zero-order chi connectivity index (χ0) is 22.2. The van der Waals surface area contributed by atoms with Gasteiger partial charge in [-0.05, 0) is 66.5 Å². The Balaban J connectivity index is 1.52. The summed E-state index contributed by atoms with van der Waals surface area (Å²) in [5, 5.41) is 0. The van der Waals surface area contributed by atoms with Crippen molar-refractivity contribution in [2.45, 2.75) is 39.7 Å². The lowest BCUT2D eigenvalue weighted by Gasteiger charge is -2.15. The molecule has 1 atom stereocenters. The molecule has 0 spiro atoms. The highest BCUT2D eigenvalue weighted by Gasteiger charge is 2.20. The second kappa shape index (κ2) is 11.5. The van der Waals surface area contributed by atoms with E-state index in [1.807, 2.05) is 50.2 Å². The first-order valence-electron chi connectivity index (χ1n) is 10.2. The number of carbonyl (C=O) groups is 1. The molecule has 0 fully saturated rings. The molecule has 0 saturated carbocycles. The van der Waals surface area contributed by atoms with Crippen LogP contribution in [0.5, 0.6) is 5.75 Å². The van der Waals surface area contributed by atoms with Crippen LogP contribution >= 0.6 is 27.3 Å². The Morgan fingerprint density at radius 2 is 1.94 bits per heavy atom. The standard InChI is InChI=1S/C23H26BrNO5S/c1-4-27-19(23(26)28-5-2)14-16-6-8-17(9-7-16)29-13-12-18-15(3)30-22(25-18)20-10-11-21(24)31-20/h6-11,19H,4-5,12-14H2,1-3H3/t19-/m0/s1. The number of oxazole rings is 1. The Bertz CT molecular complexity index is 982. The quantitative estimate of drug-likeness (QED) is 0.314. The van der Waals surface area contributed by atoms with Crippen LogP contribution in [0.25, 0.3) is 10.8 Å². The summed E-state index contributed by atoms with van der Waals surface area (Å²) in [5.74, 6) is 1.87. The van der Waals surface area contributed by atoms with Crippen LogP contribution in [0.4, 0.5) is 0 Å². The fraction of sp³-hybridized carbons (Fsp3) is 0.391. The van der Waals surface area contributed by atoms with Gasteiger partial charge in [-0.2, -0.15) is 0 Å². The minimum atomic E-state index is -0.593. The SMILES string of the molecule is CCOC(=O)[C@H](Cc1ccc(OCCc2nc(-c3ccc(Br)s3)oc2C)cc1)OCC. The van der Waals surface area contributed by atoms with Crippen molar-refractivity contribution in [3.05, 3.63) is 57.2 Å². The van der Waals surface area contributed by atoms with E-state index in [2.05, 4.69) is 20.9 Å². The zero-order valence-corrected chi connectivity index (χ0v) is 20.3. The van der Waals surface area contributed by atoms with Crippen molar-refractivity contribution in [1.29, 1.82) is 0 Å². The Morgan fingerprint density at radius 1 is 1.16 bits per heavy atom. The molecular weight excluding hydrogens is 482 g/mol. The largest absolute Gasteiger partial charge is 0.493 e. The summed E-state index contributed by atoms with van der Waals surface area (Å²) in [6, 6.07) is 11.6. The smallest absolute Gasteiger partial charge is 0.335 e. The van der Waals surface area contributed by atoms with Crippen molar-refractivity contribution in [2.75, 3.05) is 19.8 Å². The summed E-state index contributed by atoms with van der Waals surface area (Å²) in [6.45, 7) is 6.86. The van der Waals surface area contributed by atoms with Crippen molar-refractivity contribution in [3.63, 3.8) is 0 Å². The molecule has 0 aliphatic carbocycles. The number of halogens is 1. The van der Waals surface area contributed by atoms with Gasteiger partial charge in [0.1, 0.15) is 11.5 Å². The van der Waals surface area contributed by atoms with Gasteiger partial charge in [-0.15, -0.1) is 11.3 Å². The normalized spacial score (nSPS) is 12.0. The van der Waals surface area contributed by atoms with Crippen LogP contribution < -0.4 is 4.74 Å². The zero-order valence-electron chi connectivity index (χ0n) is 17.9. The third-order valence-electron chi connectivity index (χ3n) is 4.55. The fourth-order valence-corrected chi connectivity index (χ4v) is 4.35. The highest BCUT2D eigenvalue weighted by molar-refractivity contribution is 9.11. The van der Waals surface area contributed by atoms with Gasteiger partial charge in [0.25, 0.3) is 0 Å². The van der Waals surface area contributed by atoms with E-state index in [0.29, 0.717) is 38.6 Å². The van der Waals surface area contributed by atoms with Crippen molar-refractivity contribution >= 4 is 33.2 Å². The predicted molar refractivity (Wildman–Crippen MR) is 124 cm³/mol. The third-order valence-corrected chi connectivity index (χ3v) is 6.16. The molecule has 0 aliphatic heterocycles. The topological polar surface area (TPSA) is 70.8 Å². The first-order valence-corrected chi connectivity index (χ1v) is 11.8. The summed E-state index contributed by atoms with van der Waals surface area (Å²) < 4.78 is 23.3. The number of ether oxygens (including phenoxy) is 3. The molecule has 2 aromatic heterocycles. The lowest BCUT2D eigenvalue weighted by atomic mass is 10.1. The summed E-state index contributed by atoms with van der Waals surface area (Å²) in [4.78, 5) is 17.6. The number of hydrogen-bond donors (Lipinski definition) is 0. The molecule has 31 heavy (non-hydrogen) atoms. The summed E-state index contributed by atoms with van der Waals surface area (Å²) in [6.07, 6.45) is 0.524. The summed E-state index contributed by atoms with van der Waals surface area (Å²) >= 11 is 5.05. The minimum Gasteiger partial charge on any atom is -0.493 e. The van der Waals surface area contributed by atoms with Gasteiger partial charge < -0.3 is 18.6 Å². The number of carbonyl (C=O) groups excluding carboxylic acids is 1. The van der Waals surface area contributed by atoms with E-state index in [1.165, 1.54) is 0 Å². The maximum atomic E-state index is 12.0. The number of thiophene rings is 1. The molecule has 3 rings (SSSR count). The minimum absolute atomic E-state index is 0.332. The number of rotatable bonds is 11. The predicted octanol–water partition coefficient (Wildman–Crippen LogP) is 5.61. The molecule has 0 aliphatic rings. The molecule has 3 aromatic rings. The van der Waals surface area contributed by atoms with Crippen molar-refractivity contribution in [1.82, 2.24) is 4.98 Å². The fourth-order valence-electron chi connectivity index (χ4n) is 3.04. The van der Waals surface area contributed by atoms with Crippen molar-refractivity contribution in [3.8, 4) is 16.5 Å². The number of aromatic nitrogens is 1. The Kier molecular flexibility index (Phi) is 8.69. The average molecular weight is 508 g/mol. The van der Waals surface area contributed by atoms with Gasteiger partial charge >= 0.3 is 5.97 Å². The Hall–Kier alpha value is -2.16. The molecule has 0 radical (unpaired) electrons. The Morgan fingerprint density at radius 3 is 2.58 bits per heavy atom. The first kappa shape index (κ1) is 23.5. The average Bonchev–Trinajstić information content (AvgIpc) is 3.35. The highest BCUT2D eigenvalue weighted by Crippen LogP contribution is 2.31. The summed E-state index contributed by atoms with van der Waals surface area (Å²) in [7, 11) is 0. The molecule has 166 valence electrons. The summed E-state index contributed by atoms with van der Waals surface area (Å²) in [5.41, 5.74) is 1.88. The van der Waals surface area contributed by atoms with Crippen molar-refractivity contribution < 1.29 is 23.4 Å². The lowest BCUT2D eigenvalue weighted by Crippen LogP contribution is -2.28. The van der Waals surface area contributed by atoms with E-state index >= 15 is 0 Å². The van der Waals surface area contributed by atoms with Gasteiger partial charge in [0.05, 0.1) is 27.6 Å². The second-order valence-electron chi connectivity index (χ2n) is 6.77. The van der Waals surface area contributed by atoms with Gasteiger partial charge in [-0.1, -0.05) is 12.1 Å². The molecular formula is C23H26BrNO5S. The molecule has 0 unspecified atom stereocenters. The van der Waals surface area contributed by atoms with Crippen LogP contribution in [-0.4, -0.2) is 36.9 Å². The van der Waals surface area contributed by atoms with E-state index in [0.717, 1.165) is 31.4 Å². The van der Waals surface area contributed by atoms with Crippen LogP contribution in [-0.2, 0) is 27.1 Å². The van der Waals surface area contributed by atoms with Crippen molar-refractivity contribution in [2.24, 2.45) is 0 Å². The van der Waals surface area contributed by atoms with E-state index in [1.54, 1.807) is 18.3 Å². The Labute approximate surface area is 194 Å². The highest BCUT2D eigenvalue weighted by atomic mass is 79.9. The molecule has 0 bridgehead atoms. The van der Waals surface area contributed by atoms with Gasteiger partial charge in [0, 0.05) is 19.4 Å².